The van der Waals surface area contributed by atoms with E-state index in [1.165, 1.54) is 32.1 Å². The summed E-state index contributed by atoms with van der Waals surface area (Å²) in [5.74, 6) is 0.840. The highest BCUT2D eigenvalue weighted by Gasteiger charge is 2.19. The number of aliphatic hydroxyl groups is 1. The quantitative estimate of drug-likeness (QED) is 0.701. The molecule has 1 aliphatic rings. The first-order valence-electron chi connectivity index (χ1n) is 5.61. The maximum atomic E-state index is 9.14. The molecule has 1 unspecified atom stereocenters. The first-order chi connectivity index (χ1) is 6.20. The predicted octanol–water partition coefficient (Wildman–Crippen LogP) is 1.93. The molecule has 2 atom stereocenters. The van der Waals surface area contributed by atoms with Gasteiger partial charge in [0, 0.05) is 12.6 Å². The van der Waals surface area contributed by atoms with Crippen LogP contribution in [0.3, 0.4) is 0 Å². The molecule has 2 nitrogen and oxygen atoms in total. The minimum absolute atomic E-state index is 0.217. The van der Waals surface area contributed by atoms with Gasteiger partial charge in [-0.25, -0.2) is 0 Å². The van der Waals surface area contributed by atoms with Gasteiger partial charge in [-0.1, -0.05) is 19.3 Å². The van der Waals surface area contributed by atoms with Crippen LogP contribution in [0.15, 0.2) is 0 Å². The Hall–Kier alpha value is -0.0800. The summed E-state index contributed by atoms with van der Waals surface area (Å²) in [6.45, 7) is 4.82. The lowest BCUT2D eigenvalue weighted by molar-refractivity contribution is 0.175. The Morgan fingerprint density at radius 1 is 1.23 bits per heavy atom. The molecular weight excluding hydrogens is 162 g/mol. The van der Waals surface area contributed by atoms with Crippen LogP contribution in [0.1, 0.15) is 46.0 Å². The van der Waals surface area contributed by atoms with E-state index in [1.54, 1.807) is 0 Å². The third kappa shape index (κ3) is 4.10. The van der Waals surface area contributed by atoms with Crippen LogP contribution in [-0.2, 0) is 0 Å². The molecule has 1 fully saturated rings. The van der Waals surface area contributed by atoms with Crippen LogP contribution in [0, 0.1) is 5.92 Å². The van der Waals surface area contributed by atoms with Crippen molar-refractivity contribution in [3.05, 3.63) is 0 Å². The summed E-state index contributed by atoms with van der Waals surface area (Å²) in [5, 5.41) is 12.5. The van der Waals surface area contributed by atoms with Gasteiger partial charge < -0.3 is 10.4 Å². The summed E-state index contributed by atoms with van der Waals surface area (Å²) >= 11 is 0. The van der Waals surface area contributed by atoms with E-state index in [-0.39, 0.29) is 6.10 Å². The van der Waals surface area contributed by atoms with Crippen molar-refractivity contribution in [2.75, 3.05) is 6.54 Å². The van der Waals surface area contributed by atoms with Crippen LogP contribution in [0.4, 0.5) is 0 Å². The van der Waals surface area contributed by atoms with Gasteiger partial charge in [0.2, 0.25) is 0 Å². The van der Waals surface area contributed by atoms with Crippen LogP contribution in [0.5, 0.6) is 0 Å². The van der Waals surface area contributed by atoms with Gasteiger partial charge in [-0.2, -0.15) is 0 Å². The summed E-state index contributed by atoms with van der Waals surface area (Å²) in [4.78, 5) is 0. The molecule has 2 heteroatoms. The highest BCUT2D eigenvalue weighted by Crippen LogP contribution is 2.26. The Morgan fingerprint density at radius 2 is 1.85 bits per heavy atom. The van der Waals surface area contributed by atoms with Gasteiger partial charge in [-0.3, -0.25) is 0 Å². The van der Waals surface area contributed by atoms with Crippen LogP contribution < -0.4 is 5.32 Å². The average molecular weight is 185 g/mol. The molecule has 0 aromatic heterocycles. The summed E-state index contributed by atoms with van der Waals surface area (Å²) in [6.07, 6.45) is 6.73. The molecule has 0 bridgehead atoms. The van der Waals surface area contributed by atoms with Crippen molar-refractivity contribution < 1.29 is 5.11 Å². The monoisotopic (exact) mass is 185 g/mol. The molecule has 2 N–H and O–H groups in total. The zero-order valence-corrected chi connectivity index (χ0v) is 8.92. The molecule has 0 heterocycles. The first-order valence-corrected chi connectivity index (χ1v) is 5.61. The summed E-state index contributed by atoms with van der Waals surface area (Å²) < 4.78 is 0. The van der Waals surface area contributed by atoms with E-state index < -0.39 is 0 Å². The van der Waals surface area contributed by atoms with E-state index in [1.807, 2.05) is 6.92 Å². The van der Waals surface area contributed by atoms with Gasteiger partial charge in [0.1, 0.15) is 0 Å². The highest BCUT2D eigenvalue weighted by atomic mass is 16.3. The lowest BCUT2D eigenvalue weighted by atomic mass is 9.84. The zero-order chi connectivity index (χ0) is 9.68. The Morgan fingerprint density at radius 3 is 2.38 bits per heavy atom. The van der Waals surface area contributed by atoms with E-state index >= 15 is 0 Å². The van der Waals surface area contributed by atoms with Crippen molar-refractivity contribution >= 4 is 0 Å². The Bertz CT molecular complexity index is 130. The predicted molar refractivity (Wildman–Crippen MR) is 55.7 cm³/mol. The Labute approximate surface area is 81.7 Å². The van der Waals surface area contributed by atoms with Crippen molar-refractivity contribution in [2.24, 2.45) is 5.92 Å². The molecule has 1 aliphatic carbocycles. The first kappa shape index (κ1) is 11.0. The van der Waals surface area contributed by atoms with E-state index in [9.17, 15) is 0 Å². The third-order valence-corrected chi connectivity index (χ3v) is 3.09. The van der Waals surface area contributed by atoms with Crippen molar-refractivity contribution in [2.45, 2.75) is 58.1 Å². The van der Waals surface area contributed by atoms with Crippen molar-refractivity contribution in [1.82, 2.24) is 5.32 Å². The lowest BCUT2D eigenvalue weighted by Gasteiger charge is -2.28. The summed E-state index contributed by atoms with van der Waals surface area (Å²) in [6, 6.07) is 0.579. The minimum atomic E-state index is -0.217. The molecule has 0 radical (unpaired) electrons. The maximum absolute atomic E-state index is 9.14. The smallest absolute Gasteiger partial charge is 0.0636 e. The molecule has 13 heavy (non-hydrogen) atoms. The fraction of sp³-hybridized carbons (Fsp3) is 1.00. The molecule has 0 aliphatic heterocycles. The standard InChI is InChI=1S/C11H23NO/c1-9(13)8-12-10(2)11-6-4-3-5-7-11/h9-13H,3-8H2,1-2H3/t9-,10?/m0/s1. The number of rotatable bonds is 4. The molecular formula is C11H23NO. The van der Waals surface area contributed by atoms with Gasteiger partial charge in [0.15, 0.2) is 0 Å². The van der Waals surface area contributed by atoms with E-state index in [0.717, 1.165) is 12.5 Å². The molecule has 0 aromatic rings. The second-order valence-electron chi connectivity index (χ2n) is 4.44. The Kier molecular flexibility index (Phi) is 4.74. The average Bonchev–Trinajstić information content (AvgIpc) is 2.15. The molecule has 0 aromatic carbocycles. The molecule has 1 rings (SSSR count). The van der Waals surface area contributed by atoms with E-state index in [2.05, 4.69) is 12.2 Å². The molecule has 78 valence electrons. The van der Waals surface area contributed by atoms with Crippen molar-refractivity contribution in [1.29, 1.82) is 0 Å². The number of hydrogen-bond donors (Lipinski definition) is 2. The van der Waals surface area contributed by atoms with E-state index in [0.29, 0.717) is 6.04 Å². The Balaban J connectivity index is 2.17. The SMILES string of the molecule is CC(NC[C@H](C)O)C1CCCCC1. The van der Waals surface area contributed by atoms with E-state index in [4.69, 9.17) is 5.11 Å². The minimum Gasteiger partial charge on any atom is -0.392 e. The molecule has 0 saturated heterocycles. The van der Waals surface area contributed by atoms with Crippen LogP contribution in [0.25, 0.3) is 0 Å². The van der Waals surface area contributed by atoms with Crippen LogP contribution >= 0.6 is 0 Å². The van der Waals surface area contributed by atoms with Gasteiger partial charge >= 0.3 is 0 Å². The second-order valence-corrected chi connectivity index (χ2v) is 4.44. The van der Waals surface area contributed by atoms with Gasteiger partial charge in [0.25, 0.3) is 0 Å². The normalized spacial score (nSPS) is 24.2. The van der Waals surface area contributed by atoms with Gasteiger partial charge in [-0.05, 0) is 32.6 Å². The zero-order valence-electron chi connectivity index (χ0n) is 8.92. The number of nitrogens with one attached hydrogen (secondary N) is 1. The maximum Gasteiger partial charge on any atom is 0.0636 e. The van der Waals surface area contributed by atoms with Crippen molar-refractivity contribution in [3.8, 4) is 0 Å². The molecule has 0 amide bonds. The largest absolute Gasteiger partial charge is 0.392 e. The summed E-state index contributed by atoms with van der Waals surface area (Å²) in [5.41, 5.74) is 0. The van der Waals surface area contributed by atoms with Crippen LogP contribution in [-0.4, -0.2) is 23.8 Å². The van der Waals surface area contributed by atoms with Gasteiger partial charge in [0.05, 0.1) is 6.10 Å². The molecule has 1 saturated carbocycles. The highest BCUT2D eigenvalue weighted by molar-refractivity contribution is 4.76. The van der Waals surface area contributed by atoms with Gasteiger partial charge in [-0.15, -0.1) is 0 Å². The summed E-state index contributed by atoms with van der Waals surface area (Å²) in [7, 11) is 0. The lowest BCUT2D eigenvalue weighted by Crippen LogP contribution is -2.38. The second kappa shape index (κ2) is 5.61. The van der Waals surface area contributed by atoms with Crippen molar-refractivity contribution in [3.63, 3.8) is 0 Å². The fourth-order valence-electron chi connectivity index (χ4n) is 2.16. The topological polar surface area (TPSA) is 32.3 Å². The third-order valence-electron chi connectivity index (χ3n) is 3.09. The fourth-order valence-corrected chi connectivity index (χ4v) is 2.16. The number of hydrogen-bond acceptors (Lipinski definition) is 2. The van der Waals surface area contributed by atoms with Crippen LogP contribution in [0.2, 0.25) is 0 Å². The number of aliphatic hydroxyl groups excluding tert-OH is 1. The molecule has 0 spiro atoms.